The van der Waals surface area contributed by atoms with E-state index < -0.39 is 12.1 Å². The highest BCUT2D eigenvalue weighted by molar-refractivity contribution is 7.08. The summed E-state index contributed by atoms with van der Waals surface area (Å²) in [6.45, 7) is 1.89. The normalized spacial score (nSPS) is 14.1. The van der Waals surface area contributed by atoms with E-state index in [4.69, 9.17) is 14.8 Å². The van der Waals surface area contributed by atoms with E-state index in [1.807, 2.05) is 54.1 Å². The lowest BCUT2D eigenvalue weighted by Crippen LogP contribution is -2.39. The van der Waals surface area contributed by atoms with E-state index in [1.54, 1.807) is 11.3 Å². The smallest absolute Gasteiger partial charge is 0.481 e. The average Bonchev–Trinajstić information content (AvgIpc) is 3.12. The molecule has 0 saturated carbocycles. The first kappa shape index (κ1) is 21.1. The number of rotatable bonds is 11. The SMILES string of the molecule is C[C@@H](NC(=O)Cc1ccsc1)C(CC(CC(=O)O)O[B]O)c1ccccc1. The molecule has 2 aromatic rings. The number of hydrogen-bond acceptors (Lipinski definition) is 5. The average molecular weight is 388 g/mol. The van der Waals surface area contributed by atoms with Crippen LogP contribution in [0.4, 0.5) is 0 Å². The predicted molar refractivity (Wildman–Crippen MR) is 105 cm³/mol. The Morgan fingerprint density at radius 2 is 2.00 bits per heavy atom. The number of amides is 1. The maximum absolute atomic E-state index is 12.4. The molecular formula is C19H23BNO5S. The number of nitrogens with one attached hydrogen (secondary N) is 1. The Hall–Kier alpha value is -2.16. The highest BCUT2D eigenvalue weighted by Gasteiger charge is 2.26. The second-order valence-corrected chi connectivity index (χ2v) is 7.16. The van der Waals surface area contributed by atoms with Crippen molar-refractivity contribution in [1.29, 1.82) is 0 Å². The van der Waals surface area contributed by atoms with Crippen molar-refractivity contribution in [2.45, 2.75) is 44.2 Å². The summed E-state index contributed by atoms with van der Waals surface area (Å²) >= 11 is 1.54. The number of carbonyl (C=O) groups excluding carboxylic acids is 1. The minimum absolute atomic E-state index is 0.0914. The third-order valence-corrected chi connectivity index (χ3v) is 5.07. The molecule has 143 valence electrons. The molecular weight excluding hydrogens is 365 g/mol. The molecule has 0 aliphatic carbocycles. The van der Waals surface area contributed by atoms with Crippen LogP contribution in [0.15, 0.2) is 47.2 Å². The third kappa shape index (κ3) is 7.17. The fourth-order valence-corrected chi connectivity index (χ4v) is 3.73. The molecule has 6 nitrogen and oxygen atoms in total. The van der Waals surface area contributed by atoms with E-state index in [0.717, 1.165) is 11.1 Å². The lowest BCUT2D eigenvalue weighted by molar-refractivity contribution is -0.139. The van der Waals surface area contributed by atoms with Crippen LogP contribution in [0.5, 0.6) is 0 Å². The second kappa shape index (κ2) is 10.9. The first-order valence-corrected chi connectivity index (χ1v) is 9.62. The zero-order chi connectivity index (χ0) is 19.6. The molecule has 1 aromatic carbocycles. The van der Waals surface area contributed by atoms with Crippen molar-refractivity contribution in [2.24, 2.45) is 0 Å². The van der Waals surface area contributed by atoms with Gasteiger partial charge in [-0.3, -0.25) is 9.59 Å². The van der Waals surface area contributed by atoms with Gasteiger partial charge in [-0.05, 0) is 41.3 Å². The molecule has 3 N–H and O–H groups in total. The molecule has 0 bridgehead atoms. The molecule has 0 aliphatic heterocycles. The number of benzene rings is 1. The van der Waals surface area contributed by atoms with E-state index in [9.17, 15) is 9.59 Å². The van der Waals surface area contributed by atoms with Crippen LogP contribution in [-0.2, 0) is 20.7 Å². The Bertz CT molecular complexity index is 710. The lowest BCUT2D eigenvalue weighted by Gasteiger charge is -2.29. The molecule has 2 rings (SSSR count). The van der Waals surface area contributed by atoms with Crippen LogP contribution in [0.25, 0.3) is 0 Å². The Morgan fingerprint density at radius 1 is 1.26 bits per heavy atom. The number of hydrogen-bond donors (Lipinski definition) is 3. The summed E-state index contributed by atoms with van der Waals surface area (Å²) in [5, 5.41) is 24.9. The van der Waals surface area contributed by atoms with E-state index in [-0.39, 0.29) is 24.3 Å². The molecule has 0 spiro atoms. The third-order valence-electron chi connectivity index (χ3n) is 4.34. The van der Waals surface area contributed by atoms with E-state index >= 15 is 0 Å². The van der Waals surface area contributed by atoms with Gasteiger partial charge >= 0.3 is 13.7 Å². The Labute approximate surface area is 163 Å². The van der Waals surface area contributed by atoms with Gasteiger partial charge in [0.15, 0.2) is 0 Å². The summed E-state index contributed by atoms with van der Waals surface area (Å²) in [6.07, 6.45) is -0.299. The van der Waals surface area contributed by atoms with Gasteiger partial charge in [-0.15, -0.1) is 0 Å². The summed E-state index contributed by atoms with van der Waals surface area (Å²) in [7, 11) is 0.523. The summed E-state index contributed by atoms with van der Waals surface area (Å²) in [5.74, 6) is -1.27. The van der Waals surface area contributed by atoms with Gasteiger partial charge in [0.1, 0.15) is 0 Å². The highest BCUT2D eigenvalue weighted by atomic mass is 32.1. The van der Waals surface area contributed by atoms with Gasteiger partial charge in [-0.2, -0.15) is 11.3 Å². The van der Waals surface area contributed by atoms with E-state index in [0.29, 0.717) is 20.5 Å². The molecule has 0 fully saturated rings. The molecule has 2 unspecified atom stereocenters. The van der Waals surface area contributed by atoms with Crippen LogP contribution < -0.4 is 5.32 Å². The number of carbonyl (C=O) groups is 2. The summed E-state index contributed by atoms with van der Waals surface area (Å²) in [6, 6.07) is 11.2. The Morgan fingerprint density at radius 3 is 2.59 bits per heavy atom. The summed E-state index contributed by atoms with van der Waals surface area (Å²) in [4.78, 5) is 23.5. The van der Waals surface area contributed by atoms with Crippen molar-refractivity contribution in [3.05, 3.63) is 58.3 Å². The number of carboxylic acids is 1. The van der Waals surface area contributed by atoms with Crippen molar-refractivity contribution < 1.29 is 24.4 Å². The van der Waals surface area contributed by atoms with Crippen LogP contribution in [0, 0.1) is 0 Å². The fourth-order valence-electron chi connectivity index (χ4n) is 3.06. The van der Waals surface area contributed by atoms with Gasteiger partial charge in [0.05, 0.1) is 18.9 Å². The van der Waals surface area contributed by atoms with Gasteiger partial charge < -0.3 is 20.1 Å². The molecule has 0 aliphatic rings. The van der Waals surface area contributed by atoms with Gasteiger partial charge in [-0.25, -0.2) is 0 Å². The molecule has 1 heterocycles. The van der Waals surface area contributed by atoms with Crippen molar-refractivity contribution in [1.82, 2.24) is 5.32 Å². The number of carboxylic acid groups (broad SMARTS) is 1. The fraction of sp³-hybridized carbons (Fsp3) is 0.368. The minimum Gasteiger partial charge on any atom is -0.481 e. The standard InChI is InChI=1S/C19H23BNO5S/c1-13(21-18(22)9-14-7-8-27-12-14)17(15-5-3-2-4-6-15)10-16(26-20-25)11-19(23)24/h2-8,12-13,16-17,25H,9-11H2,1H3,(H,21,22)(H,23,24)/t13-,16?,17?/m1/s1. The molecule has 27 heavy (non-hydrogen) atoms. The zero-order valence-corrected chi connectivity index (χ0v) is 15.9. The molecule has 1 aromatic heterocycles. The van der Waals surface area contributed by atoms with Gasteiger partial charge in [-0.1, -0.05) is 30.3 Å². The van der Waals surface area contributed by atoms with E-state index in [1.165, 1.54) is 0 Å². The highest BCUT2D eigenvalue weighted by Crippen LogP contribution is 2.27. The Kier molecular flexibility index (Phi) is 8.51. The second-order valence-electron chi connectivity index (χ2n) is 6.38. The predicted octanol–water partition coefficient (Wildman–Crippen LogP) is 2.36. The summed E-state index contributed by atoms with van der Waals surface area (Å²) in [5.41, 5.74) is 1.93. The van der Waals surface area contributed by atoms with Crippen LogP contribution in [0.2, 0.25) is 0 Å². The van der Waals surface area contributed by atoms with Crippen molar-refractivity contribution >= 4 is 30.9 Å². The van der Waals surface area contributed by atoms with Crippen molar-refractivity contribution in [3.63, 3.8) is 0 Å². The van der Waals surface area contributed by atoms with Crippen LogP contribution >= 0.6 is 11.3 Å². The molecule has 0 saturated heterocycles. The van der Waals surface area contributed by atoms with Gasteiger partial charge in [0.2, 0.25) is 5.91 Å². The lowest BCUT2D eigenvalue weighted by atomic mass is 9.86. The monoisotopic (exact) mass is 388 g/mol. The van der Waals surface area contributed by atoms with Crippen molar-refractivity contribution in [2.75, 3.05) is 0 Å². The van der Waals surface area contributed by atoms with Crippen LogP contribution in [0.3, 0.4) is 0 Å². The molecule has 8 heteroatoms. The topological polar surface area (TPSA) is 95.9 Å². The van der Waals surface area contributed by atoms with Crippen LogP contribution in [0.1, 0.15) is 36.8 Å². The minimum atomic E-state index is -1.01. The molecule has 1 amide bonds. The van der Waals surface area contributed by atoms with Crippen LogP contribution in [-0.4, -0.2) is 41.8 Å². The largest absolute Gasteiger partial charge is 0.485 e. The first-order chi connectivity index (χ1) is 13.0. The quantitative estimate of drug-likeness (QED) is 0.514. The van der Waals surface area contributed by atoms with Gasteiger partial charge in [0.25, 0.3) is 0 Å². The Balaban J connectivity index is 2.10. The maximum Gasteiger partial charge on any atom is 0.485 e. The number of thiophene rings is 1. The van der Waals surface area contributed by atoms with E-state index in [2.05, 4.69) is 5.32 Å². The number of aliphatic carboxylic acids is 1. The van der Waals surface area contributed by atoms with Crippen molar-refractivity contribution in [3.8, 4) is 0 Å². The first-order valence-electron chi connectivity index (χ1n) is 8.68. The molecule has 3 atom stereocenters. The van der Waals surface area contributed by atoms with Gasteiger partial charge in [0, 0.05) is 12.0 Å². The maximum atomic E-state index is 12.4. The molecule has 1 radical (unpaired) electrons. The zero-order valence-electron chi connectivity index (χ0n) is 15.1. The summed E-state index contributed by atoms with van der Waals surface area (Å²) < 4.78 is 5.08.